The Morgan fingerprint density at radius 3 is 2.39 bits per heavy atom. The molecule has 3 rings (SSSR count). The maximum absolute atomic E-state index is 12.4. The average molecular weight is 400 g/mol. The van der Waals surface area contributed by atoms with Crippen molar-refractivity contribution in [1.29, 1.82) is 0 Å². The summed E-state index contributed by atoms with van der Waals surface area (Å²) in [6, 6.07) is 12.7. The van der Waals surface area contributed by atoms with E-state index < -0.39 is 0 Å². The smallest absolute Gasteiger partial charge is 0.277 e. The number of benzene rings is 2. The lowest BCUT2D eigenvalue weighted by molar-refractivity contribution is 0.102. The van der Waals surface area contributed by atoms with Gasteiger partial charge in [0.2, 0.25) is 5.89 Å². The molecule has 0 aliphatic heterocycles. The van der Waals surface area contributed by atoms with E-state index in [9.17, 15) is 4.79 Å². The summed E-state index contributed by atoms with van der Waals surface area (Å²) < 4.78 is 21.2. The SMILES string of the molecule is COc1ccc(Cc2nnc(SCC(=O)c3ccc(OC)c(OC)c3)o2)cc1. The molecule has 0 spiro atoms. The van der Waals surface area contributed by atoms with Crippen LogP contribution in [0, 0.1) is 0 Å². The van der Waals surface area contributed by atoms with E-state index in [4.69, 9.17) is 18.6 Å². The minimum Gasteiger partial charge on any atom is -0.497 e. The summed E-state index contributed by atoms with van der Waals surface area (Å²) in [5, 5.41) is 8.39. The molecule has 0 radical (unpaired) electrons. The molecule has 146 valence electrons. The number of carbonyl (C=O) groups excluding carboxylic acids is 1. The van der Waals surface area contributed by atoms with Crippen LogP contribution in [0.3, 0.4) is 0 Å². The molecule has 1 heterocycles. The predicted octanol–water partition coefficient (Wildman–Crippen LogP) is 3.66. The van der Waals surface area contributed by atoms with Gasteiger partial charge in [-0.2, -0.15) is 0 Å². The molecule has 1 aromatic heterocycles. The van der Waals surface area contributed by atoms with Gasteiger partial charge in [0.05, 0.1) is 33.5 Å². The zero-order valence-electron chi connectivity index (χ0n) is 15.8. The lowest BCUT2D eigenvalue weighted by atomic mass is 10.1. The van der Waals surface area contributed by atoms with Crippen LogP contribution >= 0.6 is 11.8 Å². The molecular weight excluding hydrogens is 380 g/mol. The number of hydrogen-bond acceptors (Lipinski definition) is 8. The Balaban J connectivity index is 1.58. The molecule has 2 aromatic carbocycles. The summed E-state index contributed by atoms with van der Waals surface area (Å²) in [5.41, 5.74) is 1.56. The average Bonchev–Trinajstić information content (AvgIpc) is 3.19. The number of ether oxygens (including phenoxy) is 3. The second kappa shape index (κ2) is 9.27. The molecule has 8 heteroatoms. The van der Waals surface area contributed by atoms with Crippen molar-refractivity contribution >= 4 is 17.5 Å². The van der Waals surface area contributed by atoms with Crippen LogP contribution in [-0.2, 0) is 6.42 Å². The van der Waals surface area contributed by atoms with Crippen molar-refractivity contribution in [3.63, 3.8) is 0 Å². The Hall–Kier alpha value is -3.00. The summed E-state index contributed by atoms with van der Waals surface area (Å²) in [6.45, 7) is 0. The van der Waals surface area contributed by atoms with Crippen LogP contribution < -0.4 is 14.2 Å². The standard InChI is InChI=1S/C20H20N2O5S/c1-24-15-7-4-13(5-8-15)10-19-21-22-20(27-19)28-12-16(23)14-6-9-17(25-2)18(11-14)26-3/h4-9,11H,10,12H2,1-3H3. The molecule has 0 aliphatic carbocycles. The fourth-order valence-electron chi connectivity index (χ4n) is 2.51. The zero-order valence-corrected chi connectivity index (χ0v) is 16.6. The maximum Gasteiger partial charge on any atom is 0.277 e. The molecule has 0 atom stereocenters. The third-order valence-electron chi connectivity index (χ3n) is 3.99. The molecule has 0 saturated carbocycles. The van der Waals surface area contributed by atoms with Gasteiger partial charge in [0, 0.05) is 5.56 Å². The number of rotatable bonds is 9. The molecule has 7 nitrogen and oxygen atoms in total. The van der Waals surface area contributed by atoms with Gasteiger partial charge in [-0.3, -0.25) is 4.79 Å². The molecule has 0 bridgehead atoms. The van der Waals surface area contributed by atoms with E-state index in [0.29, 0.717) is 34.6 Å². The normalized spacial score (nSPS) is 10.5. The van der Waals surface area contributed by atoms with Gasteiger partial charge in [0.1, 0.15) is 5.75 Å². The summed E-state index contributed by atoms with van der Waals surface area (Å²) >= 11 is 1.20. The first-order valence-corrected chi connectivity index (χ1v) is 9.45. The predicted molar refractivity (Wildman–Crippen MR) is 105 cm³/mol. The third-order valence-corrected chi connectivity index (χ3v) is 4.81. The van der Waals surface area contributed by atoms with Gasteiger partial charge in [-0.05, 0) is 35.9 Å². The topological polar surface area (TPSA) is 83.7 Å². The number of methoxy groups -OCH3 is 3. The van der Waals surface area contributed by atoms with Crippen LogP contribution in [0.2, 0.25) is 0 Å². The van der Waals surface area contributed by atoms with Crippen molar-refractivity contribution in [1.82, 2.24) is 10.2 Å². The van der Waals surface area contributed by atoms with Gasteiger partial charge in [-0.25, -0.2) is 0 Å². The lowest BCUT2D eigenvalue weighted by Gasteiger charge is -2.08. The van der Waals surface area contributed by atoms with E-state index in [2.05, 4.69) is 10.2 Å². The number of nitrogens with zero attached hydrogens (tertiary/aromatic N) is 2. The first kappa shape index (κ1) is 19.8. The first-order chi connectivity index (χ1) is 13.6. The van der Waals surface area contributed by atoms with Gasteiger partial charge in [-0.15, -0.1) is 10.2 Å². The van der Waals surface area contributed by atoms with Gasteiger partial charge in [0.25, 0.3) is 5.22 Å². The van der Waals surface area contributed by atoms with Crippen LogP contribution in [0.4, 0.5) is 0 Å². The Morgan fingerprint density at radius 1 is 0.964 bits per heavy atom. The molecular formula is C20H20N2O5S. The van der Waals surface area contributed by atoms with E-state index >= 15 is 0 Å². The van der Waals surface area contributed by atoms with Gasteiger partial charge in [-0.1, -0.05) is 23.9 Å². The highest BCUT2D eigenvalue weighted by molar-refractivity contribution is 7.99. The molecule has 0 saturated heterocycles. The number of ketones is 1. The minimum absolute atomic E-state index is 0.0687. The Morgan fingerprint density at radius 2 is 1.71 bits per heavy atom. The van der Waals surface area contributed by atoms with E-state index in [-0.39, 0.29) is 11.5 Å². The number of Topliss-reactive ketones (excluding diaryl/α,β-unsaturated/α-hetero) is 1. The molecule has 0 unspecified atom stereocenters. The quantitative estimate of drug-likeness (QED) is 0.397. The summed E-state index contributed by atoms with van der Waals surface area (Å²) in [7, 11) is 4.71. The van der Waals surface area contributed by atoms with Gasteiger partial charge in [0.15, 0.2) is 17.3 Å². The fourth-order valence-corrected chi connectivity index (χ4v) is 3.18. The Labute approximate surface area is 167 Å². The van der Waals surface area contributed by atoms with Crippen LogP contribution in [0.25, 0.3) is 0 Å². The first-order valence-electron chi connectivity index (χ1n) is 8.46. The molecule has 3 aromatic rings. The molecule has 0 fully saturated rings. The molecule has 28 heavy (non-hydrogen) atoms. The number of hydrogen-bond donors (Lipinski definition) is 0. The second-order valence-electron chi connectivity index (χ2n) is 5.77. The van der Waals surface area contributed by atoms with Crippen molar-refractivity contribution in [2.75, 3.05) is 27.1 Å². The minimum atomic E-state index is -0.0687. The van der Waals surface area contributed by atoms with Gasteiger partial charge < -0.3 is 18.6 Å². The monoisotopic (exact) mass is 400 g/mol. The fraction of sp³-hybridized carbons (Fsp3) is 0.250. The van der Waals surface area contributed by atoms with E-state index in [0.717, 1.165) is 11.3 Å². The van der Waals surface area contributed by atoms with E-state index in [1.807, 2.05) is 24.3 Å². The summed E-state index contributed by atoms with van der Waals surface area (Å²) in [4.78, 5) is 12.4. The van der Waals surface area contributed by atoms with E-state index in [1.54, 1.807) is 32.4 Å². The highest BCUT2D eigenvalue weighted by Gasteiger charge is 2.14. The van der Waals surface area contributed by atoms with Gasteiger partial charge >= 0.3 is 0 Å². The largest absolute Gasteiger partial charge is 0.497 e. The van der Waals surface area contributed by atoms with E-state index in [1.165, 1.54) is 18.9 Å². The number of thioether (sulfide) groups is 1. The van der Waals surface area contributed by atoms with Crippen molar-refractivity contribution in [2.45, 2.75) is 11.6 Å². The second-order valence-corrected chi connectivity index (χ2v) is 6.69. The molecule has 0 N–H and O–H groups in total. The summed E-state index contributed by atoms with van der Waals surface area (Å²) in [6.07, 6.45) is 0.515. The van der Waals surface area contributed by atoms with Crippen LogP contribution in [0.15, 0.2) is 52.1 Å². The highest BCUT2D eigenvalue weighted by atomic mass is 32.2. The third kappa shape index (κ3) is 4.83. The lowest BCUT2D eigenvalue weighted by Crippen LogP contribution is -2.03. The maximum atomic E-state index is 12.4. The number of carbonyl (C=O) groups is 1. The van der Waals surface area contributed by atoms with Crippen molar-refractivity contribution < 1.29 is 23.4 Å². The zero-order chi connectivity index (χ0) is 19.9. The van der Waals surface area contributed by atoms with Crippen LogP contribution in [-0.4, -0.2) is 43.1 Å². The summed E-state index contributed by atoms with van der Waals surface area (Å²) in [5.74, 6) is 2.48. The highest BCUT2D eigenvalue weighted by Crippen LogP contribution is 2.28. The Kier molecular flexibility index (Phi) is 6.54. The van der Waals surface area contributed by atoms with Crippen LogP contribution in [0.1, 0.15) is 21.8 Å². The van der Waals surface area contributed by atoms with Crippen molar-refractivity contribution in [3.05, 3.63) is 59.5 Å². The van der Waals surface area contributed by atoms with Crippen molar-refractivity contribution in [2.24, 2.45) is 0 Å². The number of aromatic nitrogens is 2. The van der Waals surface area contributed by atoms with Crippen molar-refractivity contribution in [3.8, 4) is 17.2 Å². The Bertz CT molecular complexity index is 940. The molecule has 0 amide bonds. The molecule has 0 aliphatic rings. The van der Waals surface area contributed by atoms with Crippen LogP contribution in [0.5, 0.6) is 17.2 Å².